The van der Waals surface area contributed by atoms with Gasteiger partial charge in [-0.25, -0.2) is 0 Å². The molecule has 0 saturated carbocycles. The number of hydrogen-bond acceptors (Lipinski definition) is 8. The van der Waals surface area contributed by atoms with E-state index in [1.54, 1.807) is 0 Å². The molecule has 0 radical (unpaired) electrons. The van der Waals surface area contributed by atoms with Crippen LogP contribution in [0.15, 0.2) is 84.0 Å². The van der Waals surface area contributed by atoms with Gasteiger partial charge in [0.15, 0.2) is 0 Å². The van der Waals surface area contributed by atoms with Gasteiger partial charge in [-0.1, -0.05) is 60.7 Å². The zero-order valence-corrected chi connectivity index (χ0v) is 15.5. The summed E-state index contributed by atoms with van der Waals surface area (Å²) in [7, 11) is 0. The fourth-order valence-electron chi connectivity index (χ4n) is 2.82. The first-order chi connectivity index (χ1) is 14.0. The van der Waals surface area contributed by atoms with Gasteiger partial charge < -0.3 is 15.6 Å². The van der Waals surface area contributed by atoms with Gasteiger partial charge in [0.1, 0.15) is 5.69 Å². The van der Waals surface area contributed by atoms with Crippen molar-refractivity contribution in [1.82, 2.24) is 0 Å². The second kappa shape index (κ2) is 9.67. The predicted octanol–water partition coefficient (Wildman–Crippen LogP) is 4.52. The molecule has 0 aromatic heterocycles. The SMILES string of the molecule is [O-]N([O-])c1ccc(NN=C(CCc2ccccc2)c2ccccc2)c(N(O)O)c1. The molecular weight excluding hydrogens is 372 g/mol. The maximum atomic E-state index is 10.9. The zero-order chi connectivity index (χ0) is 20.6. The molecule has 0 fully saturated rings. The highest BCUT2D eigenvalue weighted by molar-refractivity contribution is 6.01. The Kier molecular flexibility index (Phi) is 6.77. The van der Waals surface area contributed by atoms with E-state index in [0.717, 1.165) is 23.8 Å². The Labute approximate surface area is 168 Å². The smallest absolute Gasteiger partial charge is 0.121 e. The van der Waals surface area contributed by atoms with Crippen LogP contribution in [0.4, 0.5) is 17.1 Å². The molecule has 0 unspecified atom stereocenters. The average molecular weight is 392 g/mol. The summed E-state index contributed by atoms with van der Waals surface area (Å²) in [4.78, 5) is 0. The summed E-state index contributed by atoms with van der Waals surface area (Å²) in [6.45, 7) is 0. The third-order valence-corrected chi connectivity index (χ3v) is 4.32. The minimum atomic E-state index is -0.616. The van der Waals surface area contributed by atoms with E-state index in [-0.39, 0.29) is 22.3 Å². The van der Waals surface area contributed by atoms with Crippen molar-refractivity contribution >= 4 is 22.8 Å². The van der Waals surface area contributed by atoms with Crippen LogP contribution in [0.3, 0.4) is 0 Å². The molecule has 3 aromatic rings. The van der Waals surface area contributed by atoms with Crippen molar-refractivity contribution in [2.24, 2.45) is 5.10 Å². The Morgan fingerprint density at radius 3 is 2.17 bits per heavy atom. The third kappa shape index (κ3) is 5.53. The molecule has 0 bridgehead atoms. The van der Waals surface area contributed by atoms with Crippen molar-refractivity contribution in [3.8, 4) is 0 Å². The number of benzene rings is 3. The minimum Gasteiger partial charge on any atom is -0.769 e. The number of rotatable bonds is 8. The number of aryl methyl sites for hydroxylation is 1. The lowest BCUT2D eigenvalue weighted by atomic mass is 10.0. The number of nitrogens with one attached hydrogen (secondary N) is 1. The number of nitrogens with zero attached hydrogens (tertiary/aromatic N) is 3. The molecule has 3 aromatic carbocycles. The third-order valence-electron chi connectivity index (χ3n) is 4.32. The van der Waals surface area contributed by atoms with Crippen LogP contribution >= 0.6 is 0 Å². The van der Waals surface area contributed by atoms with Crippen LogP contribution in [0, 0.1) is 10.4 Å². The van der Waals surface area contributed by atoms with Crippen molar-refractivity contribution in [3.05, 3.63) is 100 Å². The highest BCUT2D eigenvalue weighted by Gasteiger charge is 2.10. The maximum absolute atomic E-state index is 10.9. The first-order valence-electron chi connectivity index (χ1n) is 8.93. The molecular formula is C21H20N4O4-2. The summed E-state index contributed by atoms with van der Waals surface area (Å²) in [6.07, 6.45) is 1.42. The van der Waals surface area contributed by atoms with Gasteiger partial charge in [0.2, 0.25) is 0 Å². The van der Waals surface area contributed by atoms with E-state index >= 15 is 0 Å². The summed E-state index contributed by atoms with van der Waals surface area (Å²) >= 11 is 0. The summed E-state index contributed by atoms with van der Waals surface area (Å²) in [6, 6.07) is 23.3. The molecule has 0 spiro atoms. The predicted molar refractivity (Wildman–Crippen MR) is 113 cm³/mol. The molecule has 0 aliphatic carbocycles. The molecule has 150 valence electrons. The van der Waals surface area contributed by atoms with E-state index in [9.17, 15) is 20.8 Å². The Hall–Kier alpha value is -3.43. The highest BCUT2D eigenvalue weighted by atomic mass is 16.8. The lowest BCUT2D eigenvalue weighted by molar-refractivity contribution is 0.0295. The van der Waals surface area contributed by atoms with Crippen LogP contribution in [0.1, 0.15) is 17.5 Å². The summed E-state index contributed by atoms with van der Waals surface area (Å²) < 4.78 is 0. The van der Waals surface area contributed by atoms with Crippen LogP contribution in [-0.2, 0) is 6.42 Å². The van der Waals surface area contributed by atoms with Gasteiger partial charge in [-0.2, -0.15) is 5.10 Å². The van der Waals surface area contributed by atoms with Crippen LogP contribution in [0.25, 0.3) is 0 Å². The van der Waals surface area contributed by atoms with Crippen molar-refractivity contribution in [2.75, 3.05) is 15.9 Å². The molecule has 0 heterocycles. The van der Waals surface area contributed by atoms with E-state index in [1.165, 1.54) is 17.7 Å². The highest BCUT2D eigenvalue weighted by Crippen LogP contribution is 2.29. The lowest BCUT2D eigenvalue weighted by Crippen LogP contribution is -2.15. The fraction of sp³-hybridized carbons (Fsp3) is 0.0952. The first kappa shape index (κ1) is 20.3. The average Bonchev–Trinajstić information content (AvgIpc) is 2.75. The molecule has 0 amide bonds. The van der Waals surface area contributed by atoms with Gasteiger partial charge in [-0.3, -0.25) is 15.8 Å². The van der Waals surface area contributed by atoms with E-state index in [4.69, 9.17) is 0 Å². The number of hydrazone groups is 1. The molecule has 0 saturated heterocycles. The quantitative estimate of drug-likeness (QED) is 0.381. The van der Waals surface area contributed by atoms with E-state index in [2.05, 4.69) is 10.5 Å². The fourth-order valence-corrected chi connectivity index (χ4v) is 2.82. The molecule has 0 atom stereocenters. The number of anilines is 3. The largest absolute Gasteiger partial charge is 0.769 e. The molecule has 0 aliphatic rings. The summed E-state index contributed by atoms with van der Waals surface area (Å²) in [5.41, 5.74) is 5.42. The van der Waals surface area contributed by atoms with Crippen molar-refractivity contribution < 1.29 is 10.4 Å². The van der Waals surface area contributed by atoms with E-state index < -0.39 is 5.23 Å². The Balaban J connectivity index is 1.86. The lowest BCUT2D eigenvalue weighted by Gasteiger charge is -2.37. The van der Waals surface area contributed by atoms with Gasteiger partial charge in [0, 0.05) is 5.69 Å². The first-order valence-corrected chi connectivity index (χ1v) is 8.93. The van der Waals surface area contributed by atoms with Gasteiger partial charge in [0.05, 0.1) is 11.4 Å². The minimum absolute atomic E-state index is 0.170. The molecule has 3 N–H and O–H groups in total. The van der Waals surface area contributed by atoms with Gasteiger partial charge >= 0.3 is 0 Å². The molecule has 0 aliphatic heterocycles. The normalized spacial score (nSPS) is 11.2. The maximum Gasteiger partial charge on any atom is 0.121 e. The van der Waals surface area contributed by atoms with Crippen molar-refractivity contribution in [3.63, 3.8) is 0 Å². The summed E-state index contributed by atoms with van der Waals surface area (Å²) in [5, 5.41) is 44.4. The standard InChI is InChI=1S/C21H20N4O4/c26-24(27)18-12-14-20(21(15-18)25(28)29)23-22-19(17-9-5-2-6-10-17)13-11-16-7-3-1-4-8-16/h1-10,12,14-15,23,28-29H,11,13H2/q-2. The topological polar surface area (TPSA) is 117 Å². The van der Waals surface area contributed by atoms with Crippen molar-refractivity contribution in [1.29, 1.82) is 0 Å². The Bertz CT molecular complexity index is 947. The van der Waals surface area contributed by atoms with Crippen LogP contribution in [-0.4, -0.2) is 16.1 Å². The van der Waals surface area contributed by atoms with E-state index in [0.29, 0.717) is 6.42 Å². The summed E-state index contributed by atoms with van der Waals surface area (Å²) in [5.74, 6) is 0. The van der Waals surface area contributed by atoms with E-state index in [1.807, 2.05) is 60.7 Å². The van der Waals surface area contributed by atoms with Crippen molar-refractivity contribution in [2.45, 2.75) is 12.8 Å². The molecule has 8 nitrogen and oxygen atoms in total. The zero-order valence-electron chi connectivity index (χ0n) is 15.5. The second-order valence-electron chi connectivity index (χ2n) is 6.27. The molecule has 8 heteroatoms. The van der Waals surface area contributed by atoms with Gasteiger partial charge in [-0.15, -0.1) is 5.23 Å². The second-order valence-corrected chi connectivity index (χ2v) is 6.27. The van der Waals surface area contributed by atoms with Gasteiger partial charge in [0.25, 0.3) is 0 Å². The number of hydrogen-bond donors (Lipinski definition) is 3. The Morgan fingerprint density at radius 1 is 0.897 bits per heavy atom. The molecule has 3 rings (SSSR count). The molecule has 29 heavy (non-hydrogen) atoms. The Morgan fingerprint density at radius 2 is 1.55 bits per heavy atom. The van der Waals surface area contributed by atoms with Crippen LogP contribution < -0.4 is 15.9 Å². The van der Waals surface area contributed by atoms with Gasteiger partial charge in [-0.05, 0) is 42.2 Å². The van der Waals surface area contributed by atoms with Crippen LogP contribution in [0.5, 0.6) is 0 Å². The monoisotopic (exact) mass is 392 g/mol. The van der Waals surface area contributed by atoms with Crippen LogP contribution in [0.2, 0.25) is 0 Å².